The molecule has 0 radical (unpaired) electrons. The van der Waals surface area contributed by atoms with Crippen molar-refractivity contribution >= 4 is 17.6 Å². The molecular weight excluding hydrogens is 222 g/mol. The van der Waals surface area contributed by atoms with Crippen LogP contribution in [0.2, 0.25) is 0 Å². The lowest BCUT2D eigenvalue weighted by Gasteiger charge is -2.24. The third-order valence-electron chi connectivity index (χ3n) is 2.68. The first kappa shape index (κ1) is 11.4. The van der Waals surface area contributed by atoms with Gasteiger partial charge in [0.2, 0.25) is 5.91 Å². The predicted molar refractivity (Wildman–Crippen MR) is 60.9 cm³/mol. The molecule has 0 bridgehead atoms. The van der Waals surface area contributed by atoms with E-state index in [2.05, 4.69) is 15.6 Å². The number of hydrogen-bond donors (Lipinski definition) is 3. The molecule has 3 N–H and O–H groups in total. The lowest BCUT2D eigenvalue weighted by molar-refractivity contribution is -0.122. The summed E-state index contributed by atoms with van der Waals surface area (Å²) in [5.41, 5.74) is 0.679. The fourth-order valence-corrected chi connectivity index (χ4v) is 1.77. The molecule has 1 fully saturated rings. The molecule has 1 amide bonds. The summed E-state index contributed by atoms with van der Waals surface area (Å²) in [6.07, 6.45) is 4.01. The van der Waals surface area contributed by atoms with Crippen molar-refractivity contribution in [1.29, 1.82) is 0 Å². The van der Waals surface area contributed by atoms with Crippen LogP contribution in [0.4, 0.5) is 5.69 Å². The van der Waals surface area contributed by atoms with Gasteiger partial charge in [0.15, 0.2) is 0 Å². The van der Waals surface area contributed by atoms with Crippen molar-refractivity contribution in [1.82, 2.24) is 10.3 Å². The summed E-state index contributed by atoms with van der Waals surface area (Å²) in [5, 5.41) is 14.8. The number of hydrogen-bond acceptors (Lipinski definition) is 4. The van der Waals surface area contributed by atoms with Gasteiger partial charge in [-0.25, -0.2) is 4.79 Å². The minimum absolute atomic E-state index is 0.0382. The molecule has 6 nitrogen and oxygen atoms in total. The van der Waals surface area contributed by atoms with Gasteiger partial charge in [-0.05, 0) is 12.5 Å². The Morgan fingerprint density at radius 2 is 2.41 bits per heavy atom. The molecule has 0 aromatic carbocycles. The molecule has 6 heteroatoms. The van der Waals surface area contributed by atoms with Gasteiger partial charge in [0.1, 0.15) is 5.56 Å². The van der Waals surface area contributed by atoms with Crippen molar-refractivity contribution in [3.05, 3.63) is 24.0 Å². The number of amides is 1. The minimum atomic E-state index is -1.01. The number of anilines is 1. The predicted octanol–water partition coefficient (Wildman–Crippen LogP) is 0.470. The smallest absolute Gasteiger partial charge is 0.339 e. The van der Waals surface area contributed by atoms with E-state index in [1.807, 2.05) is 0 Å². The Morgan fingerprint density at radius 3 is 3.06 bits per heavy atom. The van der Waals surface area contributed by atoms with Crippen LogP contribution in [0.25, 0.3) is 0 Å². The van der Waals surface area contributed by atoms with Crippen molar-refractivity contribution in [3.8, 4) is 0 Å². The number of aromatic carboxylic acids is 1. The van der Waals surface area contributed by atoms with Crippen LogP contribution in [0.5, 0.6) is 0 Å². The summed E-state index contributed by atoms with van der Waals surface area (Å²) >= 11 is 0. The van der Waals surface area contributed by atoms with Gasteiger partial charge >= 0.3 is 5.97 Å². The second-order valence-corrected chi connectivity index (χ2v) is 3.91. The second-order valence-electron chi connectivity index (χ2n) is 3.91. The number of carboxylic acids is 1. The van der Waals surface area contributed by atoms with Crippen LogP contribution < -0.4 is 10.6 Å². The number of nitrogens with zero attached hydrogens (tertiary/aromatic N) is 1. The third-order valence-corrected chi connectivity index (χ3v) is 2.68. The Hall–Kier alpha value is -2.11. The topological polar surface area (TPSA) is 91.3 Å². The van der Waals surface area contributed by atoms with Gasteiger partial charge in [-0.15, -0.1) is 0 Å². The van der Waals surface area contributed by atoms with E-state index in [4.69, 9.17) is 5.11 Å². The normalized spacial score (nSPS) is 19.5. The highest BCUT2D eigenvalue weighted by atomic mass is 16.4. The van der Waals surface area contributed by atoms with E-state index in [0.717, 1.165) is 0 Å². The summed E-state index contributed by atoms with van der Waals surface area (Å²) in [4.78, 5) is 25.7. The molecule has 2 heterocycles. The number of rotatable bonds is 3. The first-order chi connectivity index (χ1) is 8.16. The Labute approximate surface area is 98.1 Å². The molecule has 1 aromatic rings. The van der Waals surface area contributed by atoms with Gasteiger partial charge in [-0.1, -0.05) is 0 Å². The largest absolute Gasteiger partial charge is 0.478 e. The molecule has 90 valence electrons. The lowest BCUT2D eigenvalue weighted by Crippen LogP contribution is -2.42. The standard InChI is InChI=1S/C11H13N3O3/c15-10-2-1-7(5-13-10)14-9-3-4-12-6-8(9)11(16)17/h3-4,6-7H,1-2,5H2,(H,12,14)(H,13,15)(H,16,17). The Kier molecular flexibility index (Phi) is 3.22. The molecular formula is C11H13N3O3. The highest BCUT2D eigenvalue weighted by molar-refractivity contribution is 5.93. The maximum atomic E-state index is 11.0. The van der Waals surface area contributed by atoms with Crippen LogP contribution in [-0.4, -0.2) is 34.6 Å². The van der Waals surface area contributed by atoms with E-state index in [9.17, 15) is 9.59 Å². The monoisotopic (exact) mass is 235 g/mol. The number of pyridine rings is 1. The average Bonchev–Trinajstić information content (AvgIpc) is 2.32. The second kappa shape index (κ2) is 4.82. The van der Waals surface area contributed by atoms with E-state index in [0.29, 0.717) is 25.1 Å². The molecule has 1 unspecified atom stereocenters. The van der Waals surface area contributed by atoms with E-state index in [1.165, 1.54) is 12.4 Å². The highest BCUT2D eigenvalue weighted by Crippen LogP contribution is 2.17. The van der Waals surface area contributed by atoms with Crippen molar-refractivity contribution in [2.75, 3.05) is 11.9 Å². The zero-order valence-corrected chi connectivity index (χ0v) is 9.14. The maximum absolute atomic E-state index is 11.0. The number of piperidine rings is 1. The maximum Gasteiger partial charge on any atom is 0.339 e. The SMILES string of the molecule is O=C1CCC(Nc2ccncc2C(=O)O)CN1. The molecule has 0 saturated carbocycles. The van der Waals surface area contributed by atoms with Gasteiger partial charge in [-0.3, -0.25) is 9.78 Å². The van der Waals surface area contributed by atoms with Gasteiger partial charge in [-0.2, -0.15) is 0 Å². The van der Waals surface area contributed by atoms with Crippen LogP contribution in [0.15, 0.2) is 18.5 Å². The van der Waals surface area contributed by atoms with Crippen LogP contribution in [0, 0.1) is 0 Å². The fourth-order valence-electron chi connectivity index (χ4n) is 1.77. The van der Waals surface area contributed by atoms with E-state index in [1.54, 1.807) is 6.07 Å². The third kappa shape index (κ3) is 2.72. The van der Waals surface area contributed by atoms with Gasteiger partial charge in [0.25, 0.3) is 0 Å². The molecule has 1 aromatic heterocycles. The van der Waals surface area contributed by atoms with Crippen molar-refractivity contribution in [2.45, 2.75) is 18.9 Å². The van der Waals surface area contributed by atoms with Crippen molar-refractivity contribution in [2.24, 2.45) is 0 Å². The summed E-state index contributed by atoms with van der Waals surface area (Å²) < 4.78 is 0. The van der Waals surface area contributed by atoms with E-state index < -0.39 is 5.97 Å². The number of carboxylic acid groups (broad SMARTS) is 1. The Morgan fingerprint density at radius 1 is 1.59 bits per heavy atom. The molecule has 0 aliphatic carbocycles. The zero-order chi connectivity index (χ0) is 12.3. The molecule has 1 atom stereocenters. The highest BCUT2D eigenvalue weighted by Gasteiger charge is 2.19. The number of carbonyl (C=O) groups excluding carboxylic acids is 1. The fraction of sp³-hybridized carbons (Fsp3) is 0.364. The molecule has 17 heavy (non-hydrogen) atoms. The Bertz CT molecular complexity index is 437. The first-order valence-electron chi connectivity index (χ1n) is 5.37. The number of carbonyl (C=O) groups is 2. The van der Waals surface area contributed by atoms with E-state index in [-0.39, 0.29) is 17.5 Å². The van der Waals surface area contributed by atoms with Crippen LogP contribution in [-0.2, 0) is 4.79 Å². The number of nitrogens with one attached hydrogen (secondary N) is 2. The van der Waals surface area contributed by atoms with Crippen LogP contribution >= 0.6 is 0 Å². The van der Waals surface area contributed by atoms with Crippen molar-refractivity contribution < 1.29 is 14.7 Å². The van der Waals surface area contributed by atoms with Gasteiger partial charge in [0, 0.05) is 31.4 Å². The zero-order valence-electron chi connectivity index (χ0n) is 9.14. The minimum Gasteiger partial charge on any atom is -0.478 e. The van der Waals surface area contributed by atoms with E-state index >= 15 is 0 Å². The number of aromatic nitrogens is 1. The van der Waals surface area contributed by atoms with Gasteiger partial charge in [0.05, 0.1) is 5.69 Å². The quantitative estimate of drug-likeness (QED) is 0.708. The summed E-state index contributed by atoms with van der Waals surface area (Å²) in [7, 11) is 0. The molecule has 0 spiro atoms. The molecule has 1 aliphatic rings. The molecule has 2 rings (SSSR count). The lowest BCUT2D eigenvalue weighted by atomic mass is 10.1. The average molecular weight is 235 g/mol. The summed E-state index contributed by atoms with van der Waals surface area (Å²) in [5.74, 6) is -0.975. The van der Waals surface area contributed by atoms with Crippen LogP contribution in [0.1, 0.15) is 23.2 Å². The Balaban J connectivity index is 2.08. The van der Waals surface area contributed by atoms with Crippen molar-refractivity contribution in [3.63, 3.8) is 0 Å². The molecule has 1 saturated heterocycles. The van der Waals surface area contributed by atoms with Gasteiger partial charge < -0.3 is 15.7 Å². The first-order valence-corrected chi connectivity index (χ1v) is 5.37. The summed E-state index contributed by atoms with van der Waals surface area (Å²) in [6.45, 7) is 0.514. The summed E-state index contributed by atoms with van der Waals surface area (Å²) in [6, 6.07) is 1.69. The van der Waals surface area contributed by atoms with Crippen LogP contribution in [0.3, 0.4) is 0 Å². The molecule has 1 aliphatic heterocycles.